The average molecular weight is 262 g/mol. The van der Waals surface area contributed by atoms with Gasteiger partial charge in [0.1, 0.15) is 5.75 Å². The molecule has 0 aromatic heterocycles. The number of nitrogens with zero attached hydrogens (tertiary/aromatic N) is 1. The van der Waals surface area contributed by atoms with E-state index in [0.29, 0.717) is 18.2 Å². The van der Waals surface area contributed by atoms with Crippen LogP contribution in [0.25, 0.3) is 0 Å². The van der Waals surface area contributed by atoms with Gasteiger partial charge in [0, 0.05) is 31.2 Å². The molecule has 2 rings (SSSR count). The summed E-state index contributed by atoms with van der Waals surface area (Å²) in [6, 6.07) is 7.83. The van der Waals surface area contributed by atoms with Crippen LogP contribution in [0.2, 0.25) is 0 Å². The molecule has 4 nitrogen and oxygen atoms in total. The standard InChI is InChI=1S/C15H22N2O2/c1-3-9-19-14-6-4-5-13(10-14)15(18)17-8-7-16-12(2)11-17/h4-6,10,12,16H,3,7-9,11H2,1-2H3/t12-/m1/s1. The largest absolute Gasteiger partial charge is 0.494 e. The van der Waals surface area contributed by atoms with Crippen molar-refractivity contribution in [2.24, 2.45) is 0 Å². The number of ether oxygens (including phenoxy) is 1. The van der Waals surface area contributed by atoms with Gasteiger partial charge >= 0.3 is 0 Å². The maximum absolute atomic E-state index is 12.4. The molecule has 1 atom stereocenters. The minimum atomic E-state index is 0.0929. The molecule has 1 aromatic rings. The van der Waals surface area contributed by atoms with Crippen molar-refractivity contribution in [1.29, 1.82) is 0 Å². The Morgan fingerprint density at radius 1 is 1.53 bits per heavy atom. The van der Waals surface area contributed by atoms with E-state index in [0.717, 1.165) is 31.8 Å². The molecule has 1 N–H and O–H groups in total. The van der Waals surface area contributed by atoms with E-state index in [-0.39, 0.29) is 5.91 Å². The lowest BCUT2D eigenvalue weighted by atomic mass is 10.1. The van der Waals surface area contributed by atoms with Crippen molar-refractivity contribution in [1.82, 2.24) is 10.2 Å². The van der Waals surface area contributed by atoms with Crippen LogP contribution >= 0.6 is 0 Å². The molecule has 19 heavy (non-hydrogen) atoms. The van der Waals surface area contributed by atoms with Gasteiger partial charge in [-0.15, -0.1) is 0 Å². The Labute approximate surface area is 114 Å². The third-order valence-electron chi connectivity index (χ3n) is 3.21. The lowest BCUT2D eigenvalue weighted by Gasteiger charge is -2.32. The molecule has 0 bridgehead atoms. The Bertz CT molecular complexity index is 434. The molecule has 104 valence electrons. The van der Waals surface area contributed by atoms with Crippen molar-refractivity contribution in [3.8, 4) is 5.75 Å². The van der Waals surface area contributed by atoms with E-state index in [9.17, 15) is 4.79 Å². The molecule has 1 aromatic carbocycles. The molecule has 0 saturated carbocycles. The highest BCUT2D eigenvalue weighted by atomic mass is 16.5. The summed E-state index contributed by atoms with van der Waals surface area (Å²) in [5.41, 5.74) is 0.711. The van der Waals surface area contributed by atoms with Gasteiger partial charge in [-0.2, -0.15) is 0 Å². The minimum Gasteiger partial charge on any atom is -0.494 e. The summed E-state index contributed by atoms with van der Waals surface area (Å²) in [6.45, 7) is 7.24. The van der Waals surface area contributed by atoms with Crippen molar-refractivity contribution in [3.63, 3.8) is 0 Å². The van der Waals surface area contributed by atoms with E-state index in [1.807, 2.05) is 29.2 Å². The van der Waals surface area contributed by atoms with Crippen LogP contribution in [-0.4, -0.2) is 43.1 Å². The van der Waals surface area contributed by atoms with E-state index in [1.54, 1.807) is 0 Å². The fourth-order valence-electron chi connectivity index (χ4n) is 2.24. The second kappa shape index (κ2) is 6.57. The number of hydrogen-bond acceptors (Lipinski definition) is 3. The predicted octanol–water partition coefficient (Wildman–Crippen LogP) is 1.91. The number of benzene rings is 1. The summed E-state index contributed by atoms with van der Waals surface area (Å²) in [6.07, 6.45) is 0.966. The van der Waals surface area contributed by atoms with Gasteiger partial charge in [-0.25, -0.2) is 0 Å². The molecule has 1 saturated heterocycles. The Hall–Kier alpha value is -1.55. The van der Waals surface area contributed by atoms with Crippen molar-refractivity contribution in [3.05, 3.63) is 29.8 Å². The predicted molar refractivity (Wildman–Crippen MR) is 75.6 cm³/mol. The van der Waals surface area contributed by atoms with Gasteiger partial charge in [0.25, 0.3) is 5.91 Å². The number of piperazine rings is 1. The summed E-state index contributed by atoms with van der Waals surface area (Å²) >= 11 is 0. The van der Waals surface area contributed by atoms with Gasteiger partial charge in [-0.3, -0.25) is 4.79 Å². The van der Waals surface area contributed by atoms with Gasteiger partial charge < -0.3 is 15.0 Å². The molecule has 0 spiro atoms. The third kappa shape index (κ3) is 3.70. The Morgan fingerprint density at radius 3 is 3.11 bits per heavy atom. The number of carbonyl (C=O) groups is 1. The maximum atomic E-state index is 12.4. The van der Waals surface area contributed by atoms with Crippen molar-refractivity contribution in [2.75, 3.05) is 26.2 Å². The molecule has 0 aliphatic carbocycles. The van der Waals surface area contributed by atoms with Gasteiger partial charge in [-0.1, -0.05) is 13.0 Å². The Balaban J connectivity index is 2.05. The van der Waals surface area contributed by atoms with Gasteiger partial charge in [0.05, 0.1) is 6.61 Å². The highest BCUT2D eigenvalue weighted by molar-refractivity contribution is 5.94. The second-order valence-corrected chi connectivity index (χ2v) is 4.98. The van der Waals surface area contributed by atoms with Crippen molar-refractivity contribution >= 4 is 5.91 Å². The van der Waals surface area contributed by atoms with Crippen molar-refractivity contribution < 1.29 is 9.53 Å². The lowest BCUT2D eigenvalue weighted by Crippen LogP contribution is -2.51. The van der Waals surface area contributed by atoms with Gasteiger partial charge in [0.2, 0.25) is 0 Å². The smallest absolute Gasteiger partial charge is 0.254 e. The average Bonchev–Trinajstić information content (AvgIpc) is 2.44. The number of nitrogens with one attached hydrogen (secondary N) is 1. The van der Waals surface area contributed by atoms with Crippen LogP contribution in [-0.2, 0) is 0 Å². The Kier molecular flexibility index (Phi) is 4.80. The van der Waals surface area contributed by atoms with Gasteiger partial charge in [0.15, 0.2) is 0 Å². The summed E-state index contributed by atoms with van der Waals surface area (Å²) in [4.78, 5) is 14.3. The van der Waals surface area contributed by atoms with Crippen molar-refractivity contribution in [2.45, 2.75) is 26.3 Å². The molecule has 1 heterocycles. The zero-order valence-corrected chi connectivity index (χ0v) is 11.7. The maximum Gasteiger partial charge on any atom is 0.254 e. The van der Waals surface area contributed by atoms with E-state index in [4.69, 9.17) is 4.74 Å². The first-order chi connectivity index (χ1) is 9.20. The summed E-state index contributed by atoms with van der Waals surface area (Å²) in [5, 5.41) is 3.34. The van der Waals surface area contributed by atoms with E-state index < -0.39 is 0 Å². The van der Waals surface area contributed by atoms with Gasteiger partial charge in [-0.05, 0) is 31.5 Å². The molecular weight excluding hydrogens is 240 g/mol. The second-order valence-electron chi connectivity index (χ2n) is 4.98. The summed E-state index contributed by atoms with van der Waals surface area (Å²) in [7, 11) is 0. The van der Waals surface area contributed by atoms with Crippen LogP contribution in [0.1, 0.15) is 30.6 Å². The number of carbonyl (C=O) groups excluding carboxylic acids is 1. The molecule has 0 unspecified atom stereocenters. The van der Waals surface area contributed by atoms with Crippen LogP contribution < -0.4 is 10.1 Å². The van der Waals surface area contributed by atoms with Crippen LogP contribution in [0, 0.1) is 0 Å². The quantitative estimate of drug-likeness (QED) is 0.901. The number of amides is 1. The zero-order chi connectivity index (χ0) is 13.7. The molecular formula is C15H22N2O2. The molecule has 1 aliphatic heterocycles. The van der Waals surface area contributed by atoms with E-state index >= 15 is 0 Å². The van der Waals surface area contributed by atoms with Crippen LogP contribution in [0.4, 0.5) is 0 Å². The lowest BCUT2D eigenvalue weighted by molar-refractivity contribution is 0.0708. The number of hydrogen-bond donors (Lipinski definition) is 1. The first-order valence-electron chi connectivity index (χ1n) is 6.96. The molecule has 4 heteroatoms. The normalized spacial score (nSPS) is 19.3. The van der Waals surface area contributed by atoms with Crippen LogP contribution in [0.15, 0.2) is 24.3 Å². The summed E-state index contributed by atoms with van der Waals surface area (Å²) < 4.78 is 5.57. The zero-order valence-electron chi connectivity index (χ0n) is 11.7. The van der Waals surface area contributed by atoms with E-state index in [1.165, 1.54) is 0 Å². The monoisotopic (exact) mass is 262 g/mol. The Morgan fingerprint density at radius 2 is 2.37 bits per heavy atom. The first kappa shape index (κ1) is 13.9. The fraction of sp³-hybridized carbons (Fsp3) is 0.533. The van der Waals surface area contributed by atoms with Crippen LogP contribution in [0.5, 0.6) is 5.75 Å². The fourth-order valence-corrected chi connectivity index (χ4v) is 2.24. The molecule has 0 radical (unpaired) electrons. The summed E-state index contributed by atoms with van der Waals surface area (Å²) in [5.74, 6) is 0.867. The molecule has 1 fully saturated rings. The highest BCUT2D eigenvalue weighted by Gasteiger charge is 2.21. The minimum absolute atomic E-state index is 0.0929. The van der Waals surface area contributed by atoms with Crippen LogP contribution in [0.3, 0.4) is 0 Å². The highest BCUT2D eigenvalue weighted by Crippen LogP contribution is 2.16. The SMILES string of the molecule is CCCOc1cccc(C(=O)N2CCN[C@H](C)C2)c1. The first-order valence-corrected chi connectivity index (χ1v) is 6.96. The van der Waals surface area contributed by atoms with E-state index in [2.05, 4.69) is 19.2 Å². The molecule has 1 aliphatic rings. The topological polar surface area (TPSA) is 41.6 Å². The third-order valence-corrected chi connectivity index (χ3v) is 3.21. The molecule has 1 amide bonds. The number of rotatable bonds is 4.